The lowest BCUT2D eigenvalue weighted by Gasteiger charge is -2.22. The molecule has 94 valence electrons. The maximum absolute atomic E-state index is 6.38. The highest BCUT2D eigenvalue weighted by molar-refractivity contribution is 8.00. The third-order valence-electron chi connectivity index (χ3n) is 3.02. The molecule has 0 fully saturated rings. The molecule has 2 aromatic rings. The van der Waals surface area contributed by atoms with Crippen LogP contribution in [0.5, 0.6) is 0 Å². The van der Waals surface area contributed by atoms with E-state index in [1.54, 1.807) is 0 Å². The molecular weight excluding hydrogens is 238 g/mol. The SMILES string of the molecule is CCC(Sc1ccccc1)C(N)c1ccccc1. The average Bonchev–Trinajstić information content (AvgIpc) is 2.46. The molecule has 0 aromatic heterocycles. The van der Waals surface area contributed by atoms with Gasteiger partial charge in [-0.2, -0.15) is 0 Å². The van der Waals surface area contributed by atoms with Gasteiger partial charge in [0, 0.05) is 16.2 Å². The first-order chi connectivity index (χ1) is 8.81. The van der Waals surface area contributed by atoms with Crippen molar-refractivity contribution in [3.63, 3.8) is 0 Å². The summed E-state index contributed by atoms with van der Waals surface area (Å²) < 4.78 is 0. The third-order valence-corrected chi connectivity index (χ3v) is 4.49. The molecule has 18 heavy (non-hydrogen) atoms. The predicted molar refractivity (Wildman–Crippen MR) is 79.7 cm³/mol. The van der Waals surface area contributed by atoms with Gasteiger partial charge in [0.25, 0.3) is 0 Å². The standard InChI is InChI=1S/C16H19NS/c1-2-15(18-14-11-7-4-8-12-14)16(17)13-9-5-3-6-10-13/h3-12,15-16H,2,17H2,1H3. The molecule has 0 amide bonds. The number of thioether (sulfide) groups is 1. The molecule has 2 heteroatoms. The zero-order valence-electron chi connectivity index (χ0n) is 10.6. The molecule has 0 heterocycles. The van der Waals surface area contributed by atoms with E-state index in [2.05, 4.69) is 55.5 Å². The zero-order chi connectivity index (χ0) is 12.8. The first kappa shape index (κ1) is 13.2. The van der Waals surface area contributed by atoms with E-state index >= 15 is 0 Å². The van der Waals surface area contributed by atoms with Gasteiger partial charge in [0.15, 0.2) is 0 Å². The van der Waals surface area contributed by atoms with Crippen LogP contribution in [-0.4, -0.2) is 5.25 Å². The summed E-state index contributed by atoms with van der Waals surface area (Å²) >= 11 is 1.87. The van der Waals surface area contributed by atoms with Gasteiger partial charge in [0.1, 0.15) is 0 Å². The van der Waals surface area contributed by atoms with Crippen LogP contribution in [0.25, 0.3) is 0 Å². The third kappa shape index (κ3) is 3.37. The van der Waals surface area contributed by atoms with Crippen molar-refractivity contribution in [1.29, 1.82) is 0 Å². The Morgan fingerprint density at radius 1 is 0.944 bits per heavy atom. The summed E-state index contributed by atoms with van der Waals surface area (Å²) in [6, 6.07) is 20.9. The fourth-order valence-electron chi connectivity index (χ4n) is 1.97. The average molecular weight is 257 g/mol. The van der Waals surface area contributed by atoms with E-state index in [0.29, 0.717) is 5.25 Å². The van der Waals surface area contributed by atoms with Crippen molar-refractivity contribution < 1.29 is 0 Å². The smallest absolute Gasteiger partial charge is 0.0418 e. The zero-order valence-corrected chi connectivity index (χ0v) is 11.4. The molecule has 0 spiro atoms. The van der Waals surface area contributed by atoms with Crippen LogP contribution in [0.4, 0.5) is 0 Å². The highest BCUT2D eigenvalue weighted by Gasteiger charge is 2.18. The molecule has 2 rings (SSSR count). The number of nitrogens with two attached hydrogens (primary N) is 1. The summed E-state index contributed by atoms with van der Waals surface area (Å²) in [5.74, 6) is 0. The van der Waals surface area contributed by atoms with Gasteiger partial charge in [0.2, 0.25) is 0 Å². The van der Waals surface area contributed by atoms with E-state index in [0.717, 1.165) is 6.42 Å². The Morgan fingerprint density at radius 2 is 1.50 bits per heavy atom. The van der Waals surface area contributed by atoms with Gasteiger partial charge < -0.3 is 5.73 Å². The van der Waals surface area contributed by atoms with Crippen LogP contribution >= 0.6 is 11.8 Å². The minimum atomic E-state index is 0.0846. The second-order valence-corrected chi connectivity index (χ2v) is 5.63. The van der Waals surface area contributed by atoms with Crippen molar-refractivity contribution in [3.8, 4) is 0 Å². The topological polar surface area (TPSA) is 26.0 Å². The summed E-state index contributed by atoms with van der Waals surface area (Å²) in [6.07, 6.45) is 1.07. The lowest BCUT2D eigenvalue weighted by molar-refractivity contribution is 0.656. The van der Waals surface area contributed by atoms with Crippen molar-refractivity contribution >= 4 is 11.8 Å². The van der Waals surface area contributed by atoms with Crippen molar-refractivity contribution in [1.82, 2.24) is 0 Å². The molecule has 2 atom stereocenters. The highest BCUT2D eigenvalue weighted by atomic mass is 32.2. The normalized spacial score (nSPS) is 14.1. The number of hydrogen-bond donors (Lipinski definition) is 1. The van der Waals surface area contributed by atoms with E-state index < -0.39 is 0 Å². The summed E-state index contributed by atoms with van der Waals surface area (Å²) in [7, 11) is 0. The Bertz CT molecular complexity index is 455. The van der Waals surface area contributed by atoms with Crippen LogP contribution < -0.4 is 5.73 Å². The molecule has 2 aromatic carbocycles. The van der Waals surface area contributed by atoms with Gasteiger partial charge in [-0.25, -0.2) is 0 Å². The summed E-state index contributed by atoms with van der Waals surface area (Å²) in [4.78, 5) is 1.29. The largest absolute Gasteiger partial charge is 0.323 e. The van der Waals surface area contributed by atoms with Crippen LogP contribution in [0.15, 0.2) is 65.6 Å². The number of rotatable bonds is 5. The quantitative estimate of drug-likeness (QED) is 0.810. The summed E-state index contributed by atoms with van der Waals surface area (Å²) in [6.45, 7) is 2.20. The van der Waals surface area contributed by atoms with Crippen LogP contribution in [0.3, 0.4) is 0 Å². The highest BCUT2D eigenvalue weighted by Crippen LogP contribution is 2.32. The molecule has 0 aliphatic rings. The minimum absolute atomic E-state index is 0.0846. The van der Waals surface area contributed by atoms with Crippen LogP contribution in [0.2, 0.25) is 0 Å². The van der Waals surface area contributed by atoms with Crippen molar-refractivity contribution in [2.45, 2.75) is 29.5 Å². The lowest BCUT2D eigenvalue weighted by atomic mass is 10.0. The maximum Gasteiger partial charge on any atom is 0.0418 e. The Morgan fingerprint density at radius 3 is 2.06 bits per heavy atom. The van der Waals surface area contributed by atoms with E-state index in [1.807, 2.05) is 23.9 Å². The van der Waals surface area contributed by atoms with Gasteiger partial charge in [-0.3, -0.25) is 0 Å². The van der Waals surface area contributed by atoms with E-state index in [9.17, 15) is 0 Å². The molecule has 0 aliphatic heterocycles. The van der Waals surface area contributed by atoms with Crippen molar-refractivity contribution in [3.05, 3.63) is 66.2 Å². The van der Waals surface area contributed by atoms with E-state index in [4.69, 9.17) is 5.73 Å². The lowest BCUT2D eigenvalue weighted by Crippen LogP contribution is -2.23. The van der Waals surface area contributed by atoms with E-state index in [-0.39, 0.29) is 6.04 Å². The maximum atomic E-state index is 6.38. The summed E-state index contributed by atoms with van der Waals surface area (Å²) in [5.41, 5.74) is 7.59. The van der Waals surface area contributed by atoms with Crippen LogP contribution in [0, 0.1) is 0 Å². The molecule has 0 saturated heterocycles. The van der Waals surface area contributed by atoms with E-state index in [1.165, 1.54) is 10.5 Å². The predicted octanol–water partition coefficient (Wildman–Crippen LogP) is 4.26. The Balaban J connectivity index is 2.09. The molecule has 0 radical (unpaired) electrons. The first-order valence-corrected chi connectivity index (χ1v) is 7.21. The molecular formula is C16H19NS. The monoisotopic (exact) mass is 257 g/mol. The molecule has 0 aliphatic carbocycles. The van der Waals surface area contributed by atoms with Crippen molar-refractivity contribution in [2.24, 2.45) is 5.73 Å². The molecule has 1 nitrogen and oxygen atoms in total. The molecule has 0 saturated carbocycles. The Kier molecular flexibility index (Phi) is 4.85. The van der Waals surface area contributed by atoms with Gasteiger partial charge in [-0.05, 0) is 24.1 Å². The second kappa shape index (κ2) is 6.62. The fraction of sp³-hybridized carbons (Fsp3) is 0.250. The Hall–Kier alpha value is -1.25. The fourth-order valence-corrected chi connectivity index (χ4v) is 3.11. The Labute approximate surface area is 113 Å². The van der Waals surface area contributed by atoms with Crippen molar-refractivity contribution in [2.75, 3.05) is 0 Å². The van der Waals surface area contributed by atoms with Gasteiger partial charge >= 0.3 is 0 Å². The van der Waals surface area contributed by atoms with Gasteiger partial charge in [0.05, 0.1) is 0 Å². The number of benzene rings is 2. The van der Waals surface area contributed by atoms with Crippen LogP contribution in [0.1, 0.15) is 24.9 Å². The summed E-state index contributed by atoms with van der Waals surface area (Å²) in [5, 5.41) is 0.412. The second-order valence-electron chi connectivity index (χ2n) is 4.31. The molecule has 2 unspecified atom stereocenters. The van der Waals surface area contributed by atoms with Crippen LogP contribution in [-0.2, 0) is 0 Å². The van der Waals surface area contributed by atoms with Gasteiger partial charge in [-0.15, -0.1) is 11.8 Å². The first-order valence-electron chi connectivity index (χ1n) is 6.33. The molecule has 2 N–H and O–H groups in total. The number of hydrogen-bond acceptors (Lipinski definition) is 2. The van der Waals surface area contributed by atoms with Gasteiger partial charge in [-0.1, -0.05) is 55.5 Å². The minimum Gasteiger partial charge on any atom is -0.323 e. The molecule has 0 bridgehead atoms.